The van der Waals surface area contributed by atoms with Crippen molar-refractivity contribution < 1.29 is 4.92 Å². The number of aromatic nitrogens is 2. The second-order valence-corrected chi connectivity index (χ2v) is 4.98. The van der Waals surface area contributed by atoms with Crippen LogP contribution < -0.4 is 22.6 Å². The molecule has 0 amide bonds. The molecule has 21 heavy (non-hydrogen) atoms. The van der Waals surface area contributed by atoms with Gasteiger partial charge in [-0.05, 0) is 11.6 Å². The minimum absolute atomic E-state index is 0.110. The summed E-state index contributed by atoms with van der Waals surface area (Å²) in [6.07, 6.45) is 0. The zero-order valence-corrected chi connectivity index (χ0v) is 11.5. The number of nitrogens with two attached hydrogens (primary N) is 2. The highest BCUT2D eigenvalue weighted by Crippen LogP contribution is 2.27. The highest BCUT2D eigenvalue weighted by Gasteiger charge is 2.13. The molecule has 1 aromatic heterocycles. The van der Waals surface area contributed by atoms with Gasteiger partial charge in [0, 0.05) is 17.9 Å². The molecule has 0 radical (unpaired) electrons. The number of nitrogen functional groups attached to an aromatic ring is 2. The monoisotopic (exact) mass is 308 g/mol. The van der Waals surface area contributed by atoms with Crippen molar-refractivity contribution in [2.45, 2.75) is 10.9 Å². The average molecular weight is 308 g/mol. The van der Waals surface area contributed by atoms with Crippen molar-refractivity contribution in [2.24, 2.45) is 5.84 Å². The molecule has 0 bridgehead atoms. The Morgan fingerprint density at radius 3 is 2.81 bits per heavy atom. The third-order valence-electron chi connectivity index (χ3n) is 2.53. The lowest BCUT2D eigenvalue weighted by molar-refractivity contribution is -0.384. The lowest BCUT2D eigenvalue weighted by Crippen LogP contribution is -2.10. The molecule has 1 aromatic carbocycles. The third kappa shape index (κ3) is 3.70. The number of nitrogens with zero attached hydrogens (tertiary/aromatic N) is 2. The number of anilines is 2. The molecule has 0 aliphatic rings. The van der Waals surface area contributed by atoms with Gasteiger partial charge < -0.3 is 16.1 Å². The van der Waals surface area contributed by atoms with Crippen LogP contribution in [-0.4, -0.2) is 14.9 Å². The van der Waals surface area contributed by atoms with Gasteiger partial charge in [0.15, 0.2) is 5.16 Å². The fraction of sp³-hybridized carbons (Fsp3) is 0.0909. The van der Waals surface area contributed by atoms with Crippen LogP contribution >= 0.6 is 11.8 Å². The van der Waals surface area contributed by atoms with E-state index in [1.54, 1.807) is 12.1 Å². The quantitative estimate of drug-likeness (QED) is 0.208. The first-order chi connectivity index (χ1) is 9.99. The van der Waals surface area contributed by atoms with E-state index in [2.05, 4.69) is 15.4 Å². The molecule has 2 aromatic rings. The largest absolute Gasteiger partial charge is 0.383 e. The number of thioether (sulfide) groups is 1. The molecule has 0 atom stereocenters. The van der Waals surface area contributed by atoms with Crippen molar-refractivity contribution in [3.63, 3.8) is 0 Å². The summed E-state index contributed by atoms with van der Waals surface area (Å²) >= 11 is 1.25. The summed E-state index contributed by atoms with van der Waals surface area (Å²) in [4.78, 5) is 28.0. The van der Waals surface area contributed by atoms with E-state index < -0.39 is 4.92 Å². The fourth-order valence-electron chi connectivity index (χ4n) is 1.62. The molecule has 0 aliphatic carbocycles. The van der Waals surface area contributed by atoms with E-state index in [1.165, 1.54) is 23.9 Å². The number of hydrazine groups is 1. The minimum Gasteiger partial charge on any atom is -0.383 e. The Morgan fingerprint density at radius 2 is 2.19 bits per heavy atom. The van der Waals surface area contributed by atoms with Crippen molar-refractivity contribution in [1.29, 1.82) is 0 Å². The molecule has 2 rings (SSSR count). The smallest absolute Gasteiger partial charge is 0.293 e. The van der Waals surface area contributed by atoms with Crippen LogP contribution in [0.5, 0.6) is 0 Å². The molecular formula is C11H12N6O3S. The van der Waals surface area contributed by atoms with E-state index >= 15 is 0 Å². The van der Waals surface area contributed by atoms with E-state index in [0.29, 0.717) is 10.9 Å². The lowest BCUT2D eigenvalue weighted by Gasteiger charge is -2.06. The first kappa shape index (κ1) is 14.8. The Balaban J connectivity index is 2.16. The Labute approximate surface area is 122 Å². The van der Waals surface area contributed by atoms with Gasteiger partial charge >= 0.3 is 0 Å². The van der Waals surface area contributed by atoms with Crippen LogP contribution in [0.2, 0.25) is 0 Å². The van der Waals surface area contributed by atoms with E-state index in [4.69, 9.17) is 11.6 Å². The normalized spacial score (nSPS) is 10.3. The van der Waals surface area contributed by atoms with E-state index in [0.717, 1.165) is 5.56 Å². The Hall–Kier alpha value is -2.59. The van der Waals surface area contributed by atoms with Crippen LogP contribution in [0.15, 0.2) is 34.2 Å². The Morgan fingerprint density at radius 1 is 1.43 bits per heavy atom. The van der Waals surface area contributed by atoms with Crippen LogP contribution in [0, 0.1) is 10.1 Å². The zero-order valence-electron chi connectivity index (χ0n) is 10.7. The Bertz CT molecular complexity index is 732. The van der Waals surface area contributed by atoms with Gasteiger partial charge in [0.05, 0.1) is 4.92 Å². The summed E-state index contributed by atoms with van der Waals surface area (Å²) in [5.74, 6) is 5.84. The first-order valence-corrected chi connectivity index (χ1v) is 6.71. The van der Waals surface area contributed by atoms with Crippen molar-refractivity contribution in [1.82, 2.24) is 9.97 Å². The molecule has 9 nitrogen and oxygen atoms in total. The van der Waals surface area contributed by atoms with Gasteiger partial charge in [-0.1, -0.05) is 17.8 Å². The summed E-state index contributed by atoms with van der Waals surface area (Å²) in [5, 5.41) is 11.2. The lowest BCUT2D eigenvalue weighted by atomic mass is 10.2. The summed E-state index contributed by atoms with van der Waals surface area (Å²) < 4.78 is 0. The Kier molecular flexibility index (Phi) is 4.40. The number of benzene rings is 1. The maximum atomic E-state index is 11.3. The molecule has 10 heteroatoms. The molecule has 1 heterocycles. The molecule has 6 N–H and O–H groups in total. The van der Waals surface area contributed by atoms with Crippen LogP contribution in [0.25, 0.3) is 0 Å². The number of rotatable bonds is 5. The standard InChI is InChI=1S/C11H12N6O3S/c12-9-4-10(18)15-11(14-9)21-5-6-1-2-8(17(19)20)7(3-6)16-13/h1-4,16H,5,13H2,(H3,12,14,15,18). The second kappa shape index (κ2) is 6.24. The predicted molar refractivity (Wildman–Crippen MR) is 79.7 cm³/mol. The van der Waals surface area contributed by atoms with E-state index in [9.17, 15) is 14.9 Å². The van der Waals surface area contributed by atoms with Crippen LogP contribution in [0.1, 0.15) is 5.56 Å². The summed E-state index contributed by atoms with van der Waals surface area (Å²) in [5.41, 5.74) is 8.32. The number of nitro benzene ring substituents is 1. The van der Waals surface area contributed by atoms with E-state index in [-0.39, 0.29) is 22.8 Å². The molecule has 0 saturated carbocycles. The maximum Gasteiger partial charge on any atom is 0.293 e. The number of H-pyrrole nitrogens is 1. The van der Waals surface area contributed by atoms with E-state index in [1.807, 2.05) is 0 Å². The van der Waals surface area contributed by atoms with Gasteiger partial charge in [-0.15, -0.1) is 0 Å². The molecule has 0 spiro atoms. The van der Waals surface area contributed by atoms with Crippen molar-refractivity contribution in [2.75, 3.05) is 11.2 Å². The fourth-order valence-corrected chi connectivity index (χ4v) is 2.45. The van der Waals surface area contributed by atoms with Gasteiger partial charge in [0.2, 0.25) is 0 Å². The number of nitrogens with one attached hydrogen (secondary N) is 2. The SMILES string of the molecule is NNc1cc(CSc2nc(N)cc(=O)[nH]2)ccc1[N+](=O)[O-]. The van der Waals surface area contributed by atoms with Gasteiger partial charge in [-0.25, -0.2) is 4.98 Å². The maximum absolute atomic E-state index is 11.3. The van der Waals surface area contributed by atoms with Gasteiger partial charge in [0.1, 0.15) is 11.5 Å². The molecule has 0 aliphatic heterocycles. The summed E-state index contributed by atoms with van der Waals surface area (Å²) in [6, 6.07) is 5.72. The summed E-state index contributed by atoms with van der Waals surface area (Å²) in [6.45, 7) is 0. The van der Waals surface area contributed by atoms with Gasteiger partial charge in [0.25, 0.3) is 11.2 Å². The van der Waals surface area contributed by atoms with Gasteiger partial charge in [-0.3, -0.25) is 20.8 Å². The minimum atomic E-state index is -0.525. The third-order valence-corrected chi connectivity index (χ3v) is 3.47. The highest BCUT2D eigenvalue weighted by atomic mass is 32.2. The van der Waals surface area contributed by atoms with Crippen LogP contribution in [-0.2, 0) is 5.75 Å². The van der Waals surface area contributed by atoms with Gasteiger partial charge in [-0.2, -0.15) is 0 Å². The molecule has 0 unspecified atom stereocenters. The number of nitro groups is 1. The first-order valence-electron chi connectivity index (χ1n) is 5.73. The number of hydrogen-bond acceptors (Lipinski definition) is 8. The predicted octanol–water partition coefficient (Wildman–Crippen LogP) is 0.838. The topological polar surface area (TPSA) is 153 Å². The van der Waals surface area contributed by atoms with Crippen LogP contribution in [0.4, 0.5) is 17.2 Å². The molecule has 0 saturated heterocycles. The summed E-state index contributed by atoms with van der Waals surface area (Å²) in [7, 11) is 0. The number of hydrogen-bond donors (Lipinski definition) is 4. The van der Waals surface area contributed by atoms with Crippen molar-refractivity contribution in [3.8, 4) is 0 Å². The van der Waals surface area contributed by atoms with Crippen LogP contribution in [0.3, 0.4) is 0 Å². The second-order valence-electron chi connectivity index (χ2n) is 4.02. The number of aromatic amines is 1. The molecular weight excluding hydrogens is 296 g/mol. The average Bonchev–Trinajstić information content (AvgIpc) is 2.43. The highest BCUT2D eigenvalue weighted by molar-refractivity contribution is 7.98. The van der Waals surface area contributed by atoms with Crippen molar-refractivity contribution in [3.05, 3.63) is 50.3 Å². The van der Waals surface area contributed by atoms with Crippen molar-refractivity contribution >= 4 is 29.0 Å². The molecule has 110 valence electrons. The molecule has 0 fully saturated rings. The zero-order chi connectivity index (χ0) is 15.4.